The fourth-order valence-electron chi connectivity index (χ4n) is 3.93. The Balaban J connectivity index is 1.40. The van der Waals surface area contributed by atoms with E-state index in [4.69, 9.17) is 0 Å². The lowest BCUT2D eigenvalue weighted by atomic mass is 10.1. The van der Waals surface area contributed by atoms with Crippen LogP contribution in [0.5, 0.6) is 0 Å². The number of benzene rings is 1. The Labute approximate surface area is 174 Å². The Hall–Kier alpha value is -2.36. The van der Waals surface area contributed by atoms with Gasteiger partial charge in [0.1, 0.15) is 22.2 Å². The summed E-state index contributed by atoms with van der Waals surface area (Å²) in [6.45, 7) is 5.41. The minimum atomic E-state index is -3.98. The molecule has 1 aliphatic heterocycles. The van der Waals surface area contributed by atoms with Crippen LogP contribution < -0.4 is 0 Å². The molecule has 2 aromatic heterocycles. The van der Waals surface area contributed by atoms with Crippen LogP contribution in [0.4, 0.5) is 8.78 Å². The van der Waals surface area contributed by atoms with Crippen LogP contribution in [0.2, 0.25) is 0 Å². The Morgan fingerprint density at radius 2 is 1.87 bits per heavy atom. The van der Waals surface area contributed by atoms with Crippen molar-refractivity contribution in [3.05, 3.63) is 59.9 Å². The molecular weight excluding hydrogens is 410 g/mol. The third-order valence-corrected chi connectivity index (χ3v) is 7.53. The number of hydrogen-bond acceptors (Lipinski definition) is 4. The zero-order valence-electron chi connectivity index (χ0n) is 16.8. The molecule has 1 aromatic carbocycles. The summed E-state index contributed by atoms with van der Waals surface area (Å²) in [6.07, 6.45) is 4.77. The first-order valence-electron chi connectivity index (χ1n) is 10.0. The molecular formula is C21H24F2N4O2S. The molecule has 4 rings (SSSR count). The molecule has 0 unspecified atom stereocenters. The number of rotatable bonds is 6. The van der Waals surface area contributed by atoms with Crippen molar-refractivity contribution < 1.29 is 17.2 Å². The summed E-state index contributed by atoms with van der Waals surface area (Å²) in [5.74, 6) is -1.85. The van der Waals surface area contributed by atoms with E-state index < -0.39 is 26.6 Å². The van der Waals surface area contributed by atoms with Crippen LogP contribution in [0, 0.1) is 11.6 Å². The maximum absolute atomic E-state index is 14.0. The fourth-order valence-corrected chi connectivity index (χ4v) is 5.40. The lowest BCUT2D eigenvalue weighted by Crippen LogP contribution is -2.49. The van der Waals surface area contributed by atoms with Crippen LogP contribution in [0.25, 0.3) is 11.0 Å². The number of nitrogens with zero attached hydrogens (tertiary/aromatic N) is 4. The first-order chi connectivity index (χ1) is 14.4. The van der Waals surface area contributed by atoms with E-state index in [1.54, 1.807) is 6.20 Å². The second-order valence-corrected chi connectivity index (χ2v) is 9.29. The molecule has 0 aliphatic carbocycles. The van der Waals surface area contributed by atoms with Gasteiger partial charge in [0.15, 0.2) is 0 Å². The van der Waals surface area contributed by atoms with E-state index in [-0.39, 0.29) is 13.1 Å². The molecule has 0 saturated carbocycles. The van der Waals surface area contributed by atoms with E-state index in [0.717, 1.165) is 42.7 Å². The highest BCUT2D eigenvalue weighted by atomic mass is 32.2. The Morgan fingerprint density at radius 1 is 1.10 bits per heavy atom. The molecule has 0 radical (unpaired) electrons. The first-order valence-corrected chi connectivity index (χ1v) is 11.4. The van der Waals surface area contributed by atoms with Gasteiger partial charge in [0, 0.05) is 63.1 Å². The minimum Gasteiger partial charge on any atom is -0.333 e. The first kappa shape index (κ1) is 20.9. The van der Waals surface area contributed by atoms with E-state index in [2.05, 4.69) is 33.6 Å². The predicted octanol–water partition coefficient (Wildman–Crippen LogP) is 2.88. The van der Waals surface area contributed by atoms with Gasteiger partial charge < -0.3 is 9.47 Å². The lowest BCUT2D eigenvalue weighted by Gasteiger charge is -2.34. The van der Waals surface area contributed by atoms with Crippen LogP contribution >= 0.6 is 0 Å². The zero-order valence-corrected chi connectivity index (χ0v) is 17.6. The molecule has 30 heavy (non-hydrogen) atoms. The third-order valence-electron chi connectivity index (χ3n) is 5.60. The van der Waals surface area contributed by atoms with Gasteiger partial charge >= 0.3 is 0 Å². The lowest BCUT2D eigenvalue weighted by molar-refractivity contribution is 0.190. The van der Waals surface area contributed by atoms with Crippen molar-refractivity contribution >= 4 is 21.1 Å². The molecule has 3 aromatic rings. The molecule has 160 valence electrons. The molecule has 0 amide bonds. The van der Waals surface area contributed by atoms with Crippen molar-refractivity contribution in [2.75, 3.05) is 32.7 Å². The summed E-state index contributed by atoms with van der Waals surface area (Å²) < 4.78 is 55.9. The number of piperazine rings is 1. The summed E-state index contributed by atoms with van der Waals surface area (Å²) in [6, 6.07) is 6.57. The quantitative estimate of drug-likeness (QED) is 0.599. The van der Waals surface area contributed by atoms with Gasteiger partial charge in [-0.3, -0.25) is 0 Å². The normalized spacial score (nSPS) is 16.4. The predicted molar refractivity (Wildman–Crippen MR) is 111 cm³/mol. The summed E-state index contributed by atoms with van der Waals surface area (Å²) in [7, 11) is -3.98. The second-order valence-electron chi connectivity index (χ2n) is 7.39. The summed E-state index contributed by atoms with van der Waals surface area (Å²) >= 11 is 0. The molecule has 9 heteroatoms. The maximum Gasteiger partial charge on any atom is 0.246 e. The highest BCUT2D eigenvalue weighted by Crippen LogP contribution is 2.23. The third kappa shape index (κ3) is 3.97. The largest absolute Gasteiger partial charge is 0.333 e. The van der Waals surface area contributed by atoms with E-state index in [9.17, 15) is 17.2 Å². The van der Waals surface area contributed by atoms with Crippen molar-refractivity contribution in [3.8, 4) is 0 Å². The minimum absolute atomic E-state index is 0.275. The standard InChI is InChI=1S/C21H24F2N4O2S/c1-2-26-15-16(18-4-3-8-24-21(18)26)7-9-25-10-12-27(13-11-25)30(28,29)20-6-5-17(22)14-19(20)23/h3-6,8,14-15H,2,7,9-13H2,1H3. The van der Waals surface area contributed by atoms with Crippen molar-refractivity contribution in [1.82, 2.24) is 18.8 Å². The average Bonchev–Trinajstić information content (AvgIpc) is 3.10. The molecule has 1 fully saturated rings. The second kappa shape index (κ2) is 8.41. The number of halogens is 2. The molecule has 3 heterocycles. The van der Waals surface area contributed by atoms with E-state index in [1.165, 1.54) is 9.87 Å². The van der Waals surface area contributed by atoms with E-state index >= 15 is 0 Å². The number of aryl methyl sites for hydroxylation is 1. The zero-order chi connectivity index (χ0) is 21.3. The van der Waals surface area contributed by atoms with Crippen molar-refractivity contribution in [2.45, 2.75) is 24.8 Å². The van der Waals surface area contributed by atoms with Crippen molar-refractivity contribution in [2.24, 2.45) is 0 Å². The summed E-state index contributed by atoms with van der Waals surface area (Å²) in [4.78, 5) is 6.20. The summed E-state index contributed by atoms with van der Waals surface area (Å²) in [5.41, 5.74) is 2.20. The highest BCUT2D eigenvalue weighted by molar-refractivity contribution is 7.89. The Morgan fingerprint density at radius 3 is 2.57 bits per heavy atom. The van der Waals surface area contributed by atoms with Gasteiger partial charge in [-0.2, -0.15) is 4.31 Å². The topological polar surface area (TPSA) is 58.4 Å². The molecule has 0 N–H and O–H groups in total. The number of aromatic nitrogens is 2. The van der Waals surface area contributed by atoms with Crippen LogP contribution in [0.3, 0.4) is 0 Å². The van der Waals surface area contributed by atoms with Gasteiger partial charge in [-0.15, -0.1) is 0 Å². The molecule has 0 spiro atoms. The Kier molecular flexibility index (Phi) is 5.86. The van der Waals surface area contributed by atoms with Gasteiger partial charge in [0.25, 0.3) is 0 Å². The average molecular weight is 435 g/mol. The number of pyridine rings is 1. The van der Waals surface area contributed by atoms with Gasteiger partial charge in [0.05, 0.1) is 0 Å². The van der Waals surface area contributed by atoms with E-state index in [1.807, 2.05) is 6.07 Å². The van der Waals surface area contributed by atoms with Gasteiger partial charge in [-0.25, -0.2) is 22.2 Å². The van der Waals surface area contributed by atoms with Crippen LogP contribution in [-0.2, 0) is 23.0 Å². The Bertz CT molecular complexity index is 1160. The van der Waals surface area contributed by atoms with Crippen LogP contribution in [0.1, 0.15) is 12.5 Å². The number of fused-ring (bicyclic) bond motifs is 1. The fraction of sp³-hybridized carbons (Fsp3) is 0.381. The molecule has 1 saturated heterocycles. The maximum atomic E-state index is 14.0. The number of hydrogen-bond donors (Lipinski definition) is 0. The molecule has 1 aliphatic rings. The highest BCUT2D eigenvalue weighted by Gasteiger charge is 2.30. The van der Waals surface area contributed by atoms with E-state index in [0.29, 0.717) is 19.2 Å². The van der Waals surface area contributed by atoms with Gasteiger partial charge in [-0.05, 0) is 43.2 Å². The summed E-state index contributed by atoms with van der Waals surface area (Å²) in [5, 5.41) is 1.15. The SMILES string of the molecule is CCn1cc(CCN2CCN(S(=O)(=O)c3ccc(F)cc3F)CC2)c2cccnc21. The van der Waals surface area contributed by atoms with Gasteiger partial charge in [0.2, 0.25) is 10.0 Å². The molecule has 6 nitrogen and oxygen atoms in total. The van der Waals surface area contributed by atoms with Crippen LogP contribution in [-0.4, -0.2) is 59.9 Å². The van der Waals surface area contributed by atoms with Crippen LogP contribution in [0.15, 0.2) is 47.6 Å². The van der Waals surface area contributed by atoms with Crippen molar-refractivity contribution in [3.63, 3.8) is 0 Å². The smallest absolute Gasteiger partial charge is 0.246 e. The van der Waals surface area contributed by atoms with Crippen molar-refractivity contribution in [1.29, 1.82) is 0 Å². The van der Waals surface area contributed by atoms with Gasteiger partial charge in [-0.1, -0.05) is 0 Å². The monoisotopic (exact) mass is 434 g/mol. The molecule has 0 atom stereocenters. The number of sulfonamides is 1. The molecule has 0 bridgehead atoms.